The first-order valence-electron chi connectivity index (χ1n) is 13.5. The first-order valence-corrected chi connectivity index (χ1v) is 17.3. The van der Waals surface area contributed by atoms with E-state index >= 15 is 0 Å². The lowest BCUT2D eigenvalue weighted by Crippen LogP contribution is -2.53. The molecule has 4 rings (SSSR count). The van der Waals surface area contributed by atoms with Crippen LogP contribution in [0.15, 0.2) is 54.6 Å². The second-order valence-corrected chi connectivity index (χ2v) is 17.1. The number of hydrogen-bond donors (Lipinski definition) is 3. The van der Waals surface area contributed by atoms with E-state index in [1.165, 1.54) is 7.11 Å². The molecule has 3 atom stereocenters. The van der Waals surface area contributed by atoms with Gasteiger partial charge >= 0.3 is 11.9 Å². The zero-order chi connectivity index (χ0) is 28.0. The Labute approximate surface area is 230 Å². The summed E-state index contributed by atoms with van der Waals surface area (Å²) in [6.45, 7) is 7.12. The normalized spacial score (nSPS) is 17.7. The van der Waals surface area contributed by atoms with Crippen molar-refractivity contribution in [3.63, 3.8) is 0 Å². The zero-order valence-electron chi connectivity index (χ0n) is 23.2. The SMILES string of the molecule is COC(=O)C[C@H]1N[C@H](C(=O)N[C@@H](CC(=O)OCC[Si](C)(C)C)Cc2ccccc2)Cc2c1[nH]c1ccccc21. The van der Waals surface area contributed by atoms with Crippen LogP contribution in [0.25, 0.3) is 10.9 Å². The average Bonchev–Trinajstić information content (AvgIpc) is 3.27. The Kier molecular flexibility index (Phi) is 9.24. The fourth-order valence-electron chi connectivity index (χ4n) is 5.01. The summed E-state index contributed by atoms with van der Waals surface area (Å²) < 4.78 is 10.5. The summed E-state index contributed by atoms with van der Waals surface area (Å²) >= 11 is 0. The number of para-hydroxylation sites is 1. The summed E-state index contributed by atoms with van der Waals surface area (Å²) in [5, 5.41) is 7.50. The van der Waals surface area contributed by atoms with E-state index in [9.17, 15) is 14.4 Å². The van der Waals surface area contributed by atoms with Gasteiger partial charge in [-0.1, -0.05) is 68.2 Å². The number of amides is 1. The molecule has 0 saturated carbocycles. The summed E-state index contributed by atoms with van der Waals surface area (Å²) in [5.41, 5.74) is 3.90. The van der Waals surface area contributed by atoms with Crippen LogP contribution in [0.4, 0.5) is 0 Å². The number of carbonyl (C=O) groups excluding carboxylic acids is 3. The maximum absolute atomic E-state index is 13.6. The molecule has 0 bridgehead atoms. The molecule has 208 valence electrons. The standard InChI is InChI=1S/C30H39N3O5Si/c1-37-27(34)19-25-29-23(22-12-8-9-13-24(22)33-29)18-26(32-25)30(36)31-21(16-20-10-6-5-7-11-20)17-28(35)38-14-15-39(2,3)4/h5-13,21,25-26,32-33H,14-19H2,1-4H3,(H,31,36)/t21-,25-,26+/m1/s1. The Bertz CT molecular complexity index is 1300. The van der Waals surface area contributed by atoms with E-state index in [1.807, 2.05) is 54.6 Å². The molecule has 0 aliphatic carbocycles. The van der Waals surface area contributed by atoms with E-state index in [0.29, 0.717) is 19.4 Å². The summed E-state index contributed by atoms with van der Waals surface area (Å²) in [4.78, 5) is 42.0. The van der Waals surface area contributed by atoms with E-state index < -0.39 is 26.2 Å². The number of rotatable bonds is 11. The van der Waals surface area contributed by atoms with E-state index in [1.54, 1.807) is 0 Å². The third-order valence-electron chi connectivity index (χ3n) is 7.12. The minimum Gasteiger partial charge on any atom is -0.469 e. The Morgan fingerprint density at radius 1 is 1.03 bits per heavy atom. The molecule has 8 nitrogen and oxygen atoms in total. The van der Waals surface area contributed by atoms with Gasteiger partial charge in [0.15, 0.2) is 0 Å². The first kappa shape index (κ1) is 28.6. The number of esters is 2. The highest BCUT2D eigenvalue weighted by Crippen LogP contribution is 2.33. The number of nitrogens with one attached hydrogen (secondary N) is 3. The largest absolute Gasteiger partial charge is 0.469 e. The zero-order valence-corrected chi connectivity index (χ0v) is 24.2. The topological polar surface area (TPSA) is 110 Å². The predicted octanol–water partition coefficient (Wildman–Crippen LogP) is 4.29. The molecule has 3 N–H and O–H groups in total. The Balaban J connectivity index is 1.51. The maximum atomic E-state index is 13.6. The third kappa shape index (κ3) is 7.80. The van der Waals surface area contributed by atoms with Gasteiger partial charge in [0, 0.05) is 30.7 Å². The van der Waals surface area contributed by atoms with Crippen molar-refractivity contribution in [1.82, 2.24) is 15.6 Å². The number of hydrogen-bond acceptors (Lipinski definition) is 6. The van der Waals surface area contributed by atoms with E-state index in [-0.39, 0.29) is 30.7 Å². The lowest BCUT2D eigenvalue weighted by Gasteiger charge is -2.31. The molecule has 2 aromatic carbocycles. The molecule has 1 amide bonds. The average molecular weight is 550 g/mol. The number of benzene rings is 2. The van der Waals surface area contributed by atoms with Gasteiger partial charge in [-0.2, -0.15) is 0 Å². The molecule has 1 aliphatic heterocycles. The van der Waals surface area contributed by atoms with Crippen molar-refractivity contribution in [3.05, 3.63) is 71.4 Å². The van der Waals surface area contributed by atoms with E-state index in [0.717, 1.165) is 33.8 Å². The van der Waals surface area contributed by atoms with Gasteiger partial charge in [-0.05, 0) is 36.1 Å². The van der Waals surface area contributed by atoms with Crippen molar-refractivity contribution in [2.75, 3.05) is 13.7 Å². The molecule has 0 unspecified atom stereocenters. The van der Waals surface area contributed by atoms with Crippen molar-refractivity contribution < 1.29 is 23.9 Å². The van der Waals surface area contributed by atoms with Gasteiger partial charge in [-0.25, -0.2) is 0 Å². The number of fused-ring (bicyclic) bond motifs is 3. The van der Waals surface area contributed by atoms with Gasteiger partial charge in [0.05, 0.1) is 38.6 Å². The molecule has 2 heterocycles. The monoisotopic (exact) mass is 549 g/mol. The first-order chi connectivity index (χ1) is 18.6. The summed E-state index contributed by atoms with van der Waals surface area (Å²) in [5.74, 6) is -0.883. The van der Waals surface area contributed by atoms with Crippen molar-refractivity contribution in [3.8, 4) is 0 Å². The molecule has 39 heavy (non-hydrogen) atoms. The van der Waals surface area contributed by atoms with Crippen LogP contribution in [0.1, 0.15) is 35.7 Å². The minimum absolute atomic E-state index is 0.0863. The maximum Gasteiger partial charge on any atom is 0.307 e. The predicted molar refractivity (Wildman–Crippen MR) is 154 cm³/mol. The van der Waals surface area contributed by atoms with E-state index in [2.05, 4.69) is 35.3 Å². The van der Waals surface area contributed by atoms with Crippen LogP contribution in [-0.4, -0.2) is 56.7 Å². The smallest absolute Gasteiger partial charge is 0.307 e. The summed E-state index contributed by atoms with van der Waals surface area (Å²) in [6, 6.07) is 17.2. The van der Waals surface area contributed by atoms with Gasteiger partial charge < -0.3 is 19.8 Å². The van der Waals surface area contributed by atoms with Gasteiger partial charge in [0.25, 0.3) is 0 Å². The molecule has 9 heteroatoms. The van der Waals surface area contributed by atoms with Crippen molar-refractivity contribution in [1.29, 1.82) is 0 Å². The molecule has 3 aromatic rings. The molecule has 0 saturated heterocycles. The lowest BCUT2D eigenvalue weighted by atomic mass is 9.91. The Hall–Kier alpha value is -3.43. The Morgan fingerprint density at radius 3 is 2.46 bits per heavy atom. The quantitative estimate of drug-likeness (QED) is 0.243. The van der Waals surface area contributed by atoms with Crippen LogP contribution in [0.3, 0.4) is 0 Å². The Morgan fingerprint density at radius 2 is 1.74 bits per heavy atom. The van der Waals surface area contributed by atoms with Crippen LogP contribution in [0.5, 0.6) is 0 Å². The summed E-state index contributed by atoms with van der Waals surface area (Å²) in [7, 11) is 0.0310. The number of carbonyl (C=O) groups is 3. The highest BCUT2D eigenvalue weighted by molar-refractivity contribution is 6.76. The second-order valence-electron chi connectivity index (χ2n) is 11.4. The van der Waals surface area contributed by atoms with Gasteiger partial charge in [-0.3, -0.25) is 19.7 Å². The minimum atomic E-state index is -1.33. The summed E-state index contributed by atoms with van der Waals surface area (Å²) in [6.07, 6.45) is 1.15. The van der Waals surface area contributed by atoms with E-state index in [4.69, 9.17) is 9.47 Å². The van der Waals surface area contributed by atoms with Crippen molar-refractivity contribution in [2.45, 2.75) is 69.5 Å². The van der Waals surface area contributed by atoms with Gasteiger partial charge in [0.2, 0.25) is 5.91 Å². The fourth-order valence-corrected chi connectivity index (χ4v) is 5.73. The molecule has 0 radical (unpaired) electrons. The van der Waals surface area contributed by atoms with Gasteiger partial charge in [0.1, 0.15) is 0 Å². The number of H-pyrrole nitrogens is 1. The number of ether oxygens (including phenoxy) is 2. The molecule has 0 spiro atoms. The number of aromatic nitrogens is 1. The lowest BCUT2D eigenvalue weighted by molar-refractivity contribution is -0.144. The molecule has 0 fully saturated rings. The molecule has 1 aliphatic rings. The van der Waals surface area contributed by atoms with Crippen LogP contribution in [0.2, 0.25) is 25.7 Å². The molecular weight excluding hydrogens is 510 g/mol. The van der Waals surface area contributed by atoms with Crippen molar-refractivity contribution >= 4 is 36.8 Å². The molecular formula is C30H39N3O5Si. The van der Waals surface area contributed by atoms with Crippen LogP contribution in [0, 0.1) is 0 Å². The third-order valence-corrected chi connectivity index (χ3v) is 8.82. The fraction of sp³-hybridized carbons (Fsp3) is 0.433. The van der Waals surface area contributed by atoms with Crippen LogP contribution >= 0.6 is 0 Å². The van der Waals surface area contributed by atoms with Crippen molar-refractivity contribution in [2.24, 2.45) is 0 Å². The van der Waals surface area contributed by atoms with Crippen LogP contribution < -0.4 is 10.6 Å². The highest BCUT2D eigenvalue weighted by Gasteiger charge is 2.35. The molecule has 1 aromatic heterocycles. The number of methoxy groups -OCH3 is 1. The second kappa shape index (κ2) is 12.6. The highest BCUT2D eigenvalue weighted by atomic mass is 28.3. The van der Waals surface area contributed by atoms with Crippen LogP contribution in [-0.2, 0) is 36.7 Å². The van der Waals surface area contributed by atoms with Gasteiger partial charge in [-0.15, -0.1) is 0 Å². The number of aromatic amines is 1.